The van der Waals surface area contributed by atoms with E-state index < -0.39 is 17.6 Å². The minimum absolute atomic E-state index is 0.0266. The number of hydrogen-bond donors (Lipinski definition) is 2. The lowest BCUT2D eigenvalue weighted by atomic mass is 10.1. The van der Waals surface area contributed by atoms with E-state index in [0.29, 0.717) is 6.54 Å². The third-order valence-electron chi connectivity index (χ3n) is 3.64. The summed E-state index contributed by atoms with van der Waals surface area (Å²) in [6, 6.07) is 3.62. The summed E-state index contributed by atoms with van der Waals surface area (Å²) in [5.41, 5.74) is -0.973. The monoisotopic (exact) mass is 300 g/mol. The van der Waals surface area contributed by atoms with Gasteiger partial charge in [0.15, 0.2) is 0 Å². The number of nitrogens with one attached hydrogen (secondary N) is 2. The van der Waals surface area contributed by atoms with Crippen LogP contribution >= 0.6 is 0 Å². The van der Waals surface area contributed by atoms with Crippen LogP contribution < -0.4 is 10.6 Å². The molecule has 1 aromatic rings. The second-order valence-corrected chi connectivity index (χ2v) is 5.32. The molecule has 116 valence electrons. The Bertz CT molecular complexity index is 510. The highest BCUT2D eigenvalue weighted by Crippen LogP contribution is 2.36. The van der Waals surface area contributed by atoms with Crippen LogP contribution in [0.1, 0.15) is 41.6 Å². The minimum atomic E-state index is -4.49. The third kappa shape index (κ3) is 4.12. The van der Waals surface area contributed by atoms with Crippen LogP contribution in [-0.2, 0) is 6.18 Å². The molecule has 21 heavy (non-hydrogen) atoms. The molecule has 0 bridgehead atoms. The molecule has 3 nitrogen and oxygen atoms in total. The maximum Gasteiger partial charge on any atom is 0.418 e. The van der Waals surface area contributed by atoms with Crippen molar-refractivity contribution in [1.82, 2.24) is 5.32 Å². The molecule has 0 unspecified atom stereocenters. The van der Waals surface area contributed by atoms with Gasteiger partial charge < -0.3 is 10.6 Å². The maximum absolute atomic E-state index is 12.9. The average molecular weight is 300 g/mol. The van der Waals surface area contributed by atoms with Crippen molar-refractivity contribution in [1.29, 1.82) is 0 Å². The van der Waals surface area contributed by atoms with E-state index >= 15 is 0 Å². The van der Waals surface area contributed by atoms with Gasteiger partial charge in [-0.05, 0) is 30.9 Å². The van der Waals surface area contributed by atoms with Crippen molar-refractivity contribution in [3.63, 3.8) is 0 Å². The summed E-state index contributed by atoms with van der Waals surface area (Å²) in [6.07, 6.45) is -0.0381. The van der Waals surface area contributed by atoms with Crippen LogP contribution in [-0.4, -0.2) is 19.5 Å². The lowest BCUT2D eigenvalue weighted by Crippen LogP contribution is -2.26. The molecule has 0 radical (unpaired) electrons. The summed E-state index contributed by atoms with van der Waals surface area (Å²) in [7, 11) is 1.38. The van der Waals surface area contributed by atoms with Crippen LogP contribution in [0.3, 0.4) is 0 Å². The lowest BCUT2D eigenvalue weighted by Gasteiger charge is -2.16. The van der Waals surface area contributed by atoms with Gasteiger partial charge in [0, 0.05) is 13.6 Å². The normalized spacial score (nSPS) is 14.9. The quantitative estimate of drug-likeness (QED) is 0.787. The molecule has 1 fully saturated rings. The average Bonchev–Trinajstić information content (AvgIpc) is 3.25. The van der Waals surface area contributed by atoms with Gasteiger partial charge in [-0.25, -0.2) is 0 Å². The standard InChI is InChI=1S/C15H19F3N2O/c1-19-13-11(5-2-6-12(13)15(16,17)18)14(21)20-9-3-4-10-7-8-10/h2,5-6,10,19H,3-4,7-9H2,1H3,(H,20,21). The Kier molecular flexibility index (Phi) is 4.75. The fourth-order valence-electron chi connectivity index (χ4n) is 2.34. The number of hydrogen-bond acceptors (Lipinski definition) is 2. The SMILES string of the molecule is CNc1c(C(=O)NCCCC2CC2)cccc1C(F)(F)F. The van der Waals surface area contributed by atoms with Crippen LogP contribution in [0.4, 0.5) is 18.9 Å². The first kappa shape index (κ1) is 15.7. The molecule has 0 saturated heterocycles. The Morgan fingerprint density at radius 1 is 1.33 bits per heavy atom. The fraction of sp³-hybridized carbons (Fsp3) is 0.533. The summed E-state index contributed by atoms with van der Waals surface area (Å²) in [4.78, 5) is 12.0. The van der Waals surface area contributed by atoms with E-state index in [1.807, 2.05) is 0 Å². The predicted octanol–water partition coefficient (Wildman–Crippen LogP) is 3.67. The first-order valence-corrected chi connectivity index (χ1v) is 7.09. The predicted molar refractivity (Wildman–Crippen MR) is 75.3 cm³/mol. The van der Waals surface area contributed by atoms with E-state index in [9.17, 15) is 18.0 Å². The van der Waals surface area contributed by atoms with Crippen molar-refractivity contribution >= 4 is 11.6 Å². The molecule has 1 aliphatic rings. The minimum Gasteiger partial charge on any atom is -0.387 e. The Labute approximate surface area is 121 Å². The van der Waals surface area contributed by atoms with Crippen molar-refractivity contribution in [3.05, 3.63) is 29.3 Å². The molecule has 1 amide bonds. The summed E-state index contributed by atoms with van der Waals surface area (Å²) in [6.45, 7) is 0.495. The van der Waals surface area contributed by atoms with Crippen LogP contribution in [0.5, 0.6) is 0 Å². The second kappa shape index (κ2) is 6.37. The van der Waals surface area contributed by atoms with Crippen LogP contribution in [0.2, 0.25) is 0 Å². The number of anilines is 1. The van der Waals surface area contributed by atoms with E-state index in [1.54, 1.807) is 0 Å². The van der Waals surface area contributed by atoms with Crippen LogP contribution in [0.15, 0.2) is 18.2 Å². The van der Waals surface area contributed by atoms with E-state index in [0.717, 1.165) is 24.8 Å². The first-order chi connectivity index (χ1) is 9.93. The van der Waals surface area contributed by atoms with Crippen molar-refractivity contribution in [2.75, 3.05) is 18.9 Å². The molecule has 1 aliphatic carbocycles. The zero-order valence-electron chi connectivity index (χ0n) is 11.9. The largest absolute Gasteiger partial charge is 0.418 e. The third-order valence-corrected chi connectivity index (χ3v) is 3.64. The van der Waals surface area contributed by atoms with Crippen molar-refractivity contribution in [2.45, 2.75) is 31.9 Å². The number of carbonyl (C=O) groups excluding carboxylic acids is 1. The summed E-state index contributed by atoms with van der Waals surface area (Å²) >= 11 is 0. The Morgan fingerprint density at radius 3 is 2.62 bits per heavy atom. The van der Waals surface area contributed by atoms with Gasteiger partial charge in [-0.3, -0.25) is 4.79 Å². The van der Waals surface area contributed by atoms with Gasteiger partial charge in [0.1, 0.15) is 0 Å². The van der Waals surface area contributed by atoms with Gasteiger partial charge in [-0.2, -0.15) is 13.2 Å². The molecule has 0 aliphatic heterocycles. The number of para-hydroxylation sites is 1. The summed E-state index contributed by atoms with van der Waals surface area (Å²) in [5, 5.41) is 5.18. The fourth-order valence-corrected chi connectivity index (χ4v) is 2.34. The highest BCUT2D eigenvalue weighted by atomic mass is 19.4. The van der Waals surface area contributed by atoms with Crippen molar-refractivity contribution < 1.29 is 18.0 Å². The highest BCUT2D eigenvalue weighted by molar-refractivity contribution is 6.00. The van der Waals surface area contributed by atoms with Gasteiger partial charge in [-0.1, -0.05) is 18.9 Å². The summed E-state index contributed by atoms with van der Waals surface area (Å²) in [5.74, 6) is 0.310. The Hall–Kier alpha value is -1.72. The molecule has 0 spiro atoms. The number of carbonyl (C=O) groups is 1. The molecule has 6 heteroatoms. The Morgan fingerprint density at radius 2 is 2.05 bits per heavy atom. The van der Waals surface area contributed by atoms with E-state index in [4.69, 9.17) is 0 Å². The lowest BCUT2D eigenvalue weighted by molar-refractivity contribution is -0.136. The Balaban J connectivity index is 2.04. The van der Waals surface area contributed by atoms with E-state index in [1.165, 1.54) is 32.0 Å². The van der Waals surface area contributed by atoms with Gasteiger partial charge >= 0.3 is 6.18 Å². The molecule has 1 aromatic carbocycles. The van der Waals surface area contributed by atoms with Gasteiger partial charge in [0.2, 0.25) is 0 Å². The van der Waals surface area contributed by atoms with Gasteiger partial charge in [0.25, 0.3) is 5.91 Å². The molecule has 0 aromatic heterocycles. The number of rotatable bonds is 6. The number of benzene rings is 1. The summed E-state index contributed by atoms with van der Waals surface area (Å²) < 4.78 is 38.7. The topological polar surface area (TPSA) is 41.1 Å². The van der Waals surface area contributed by atoms with Gasteiger partial charge in [0.05, 0.1) is 16.8 Å². The first-order valence-electron chi connectivity index (χ1n) is 7.09. The molecule has 2 rings (SSSR count). The van der Waals surface area contributed by atoms with Gasteiger partial charge in [-0.15, -0.1) is 0 Å². The molecular formula is C15H19F3N2O. The van der Waals surface area contributed by atoms with Crippen LogP contribution in [0, 0.1) is 5.92 Å². The number of amides is 1. The molecular weight excluding hydrogens is 281 g/mol. The second-order valence-electron chi connectivity index (χ2n) is 5.32. The van der Waals surface area contributed by atoms with Crippen LogP contribution in [0.25, 0.3) is 0 Å². The number of halogens is 3. The molecule has 0 heterocycles. The van der Waals surface area contributed by atoms with Crippen molar-refractivity contribution in [2.24, 2.45) is 5.92 Å². The van der Waals surface area contributed by atoms with E-state index in [-0.39, 0.29) is 11.3 Å². The molecule has 0 atom stereocenters. The smallest absolute Gasteiger partial charge is 0.387 e. The highest BCUT2D eigenvalue weighted by Gasteiger charge is 2.34. The van der Waals surface area contributed by atoms with E-state index in [2.05, 4.69) is 10.6 Å². The van der Waals surface area contributed by atoms with Crippen molar-refractivity contribution in [3.8, 4) is 0 Å². The molecule has 1 saturated carbocycles. The number of alkyl halides is 3. The zero-order valence-corrected chi connectivity index (χ0v) is 11.9. The maximum atomic E-state index is 12.9. The zero-order chi connectivity index (χ0) is 15.5. The molecule has 2 N–H and O–H groups in total.